The number of hydrogen-bond donors (Lipinski definition) is 2. The van der Waals surface area contributed by atoms with E-state index >= 15 is 0 Å². The van der Waals surface area contributed by atoms with E-state index in [1.807, 2.05) is 0 Å². The maximum absolute atomic E-state index is 13.2. The highest BCUT2D eigenvalue weighted by atomic mass is 35.5. The van der Waals surface area contributed by atoms with Crippen molar-refractivity contribution >= 4 is 56.3 Å². The van der Waals surface area contributed by atoms with Gasteiger partial charge in [-0.15, -0.1) is 11.3 Å². The Labute approximate surface area is 190 Å². The topological polar surface area (TPSA) is 102 Å². The van der Waals surface area contributed by atoms with Crippen LogP contribution in [0.2, 0.25) is 5.02 Å². The normalized spacial score (nSPS) is 10.8. The number of rotatable bonds is 5. The highest BCUT2D eigenvalue weighted by Gasteiger charge is 2.18. The number of thiophene rings is 1. The van der Waals surface area contributed by atoms with E-state index in [0.717, 1.165) is 4.57 Å². The fraction of sp³-hybridized carbons (Fsp3) is 0.0909. The molecule has 0 fully saturated rings. The van der Waals surface area contributed by atoms with Gasteiger partial charge in [0.2, 0.25) is 11.8 Å². The van der Waals surface area contributed by atoms with E-state index in [2.05, 4.69) is 10.6 Å². The molecule has 0 radical (unpaired) electrons. The molecule has 2 aromatic carbocycles. The van der Waals surface area contributed by atoms with Crippen molar-refractivity contribution in [1.82, 2.24) is 9.13 Å². The molecule has 0 unspecified atom stereocenters. The van der Waals surface area contributed by atoms with E-state index in [0.29, 0.717) is 32.3 Å². The van der Waals surface area contributed by atoms with E-state index < -0.39 is 17.2 Å². The minimum absolute atomic E-state index is 0.233. The zero-order valence-corrected chi connectivity index (χ0v) is 18.4. The van der Waals surface area contributed by atoms with Crippen LogP contribution in [0, 0.1) is 0 Å². The Kier molecular flexibility index (Phi) is 5.93. The summed E-state index contributed by atoms with van der Waals surface area (Å²) in [5, 5.41) is 7.43. The summed E-state index contributed by atoms with van der Waals surface area (Å²) in [6.07, 6.45) is 0. The number of halogens is 1. The van der Waals surface area contributed by atoms with Gasteiger partial charge >= 0.3 is 5.69 Å². The largest absolute Gasteiger partial charge is 0.336 e. The molecule has 32 heavy (non-hydrogen) atoms. The van der Waals surface area contributed by atoms with E-state index in [1.54, 1.807) is 53.9 Å². The summed E-state index contributed by atoms with van der Waals surface area (Å²) < 4.78 is 2.61. The van der Waals surface area contributed by atoms with Crippen molar-refractivity contribution in [1.29, 1.82) is 0 Å². The molecule has 0 saturated heterocycles. The zero-order valence-electron chi connectivity index (χ0n) is 16.8. The third kappa shape index (κ3) is 4.34. The number of fused-ring (bicyclic) bond motifs is 1. The predicted molar refractivity (Wildman–Crippen MR) is 126 cm³/mol. The summed E-state index contributed by atoms with van der Waals surface area (Å²) in [6, 6.07) is 14.7. The molecule has 0 aliphatic heterocycles. The van der Waals surface area contributed by atoms with E-state index in [-0.39, 0.29) is 12.5 Å². The highest BCUT2D eigenvalue weighted by molar-refractivity contribution is 7.17. The summed E-state index contributed by atoms with van der Waals surface area (Å²) >= 11 is 7.23. The number of nitrogens with one attached hydrogen (secondary N) is 2. The Bertz CT molecular complexity index is 1470. The summed E-state index contributed by atoms with van der Waals surface area (Å²) in [4.78, 5) is 50.2. The van der Waals surface area contributed by atoms with Gasteiger partial charge in [0.15, 0.2) is 0 Å². The third-order valence-electron chi connectivity index (χ3n) is 4.59. The number of carbonyl (C=O) groups is 2. The quantitative estimate of drug-likeness (QED) is 0.468. The Hall–Kier alpha value is -3.69. The molecular formula is C22H17ClN4O4S. The van der Waals surface area contributed by atoms with Crippen molar-refractivity contribution in [3.63, 3.8) is 0 Å². The van der Waals surface area contributed by atoms with Crippen molar-refractivity contribution in [2.24, 2.45) is 0 Å². The molecule has 2 amide bonds. The van der Waals surface area contributed by atoms with Crippen LogP contribution < -0.4 is 21.9 Å². The number of anilines is 2. The molecule has 162 valence electrons. The molecular weight excluding hydrogens is 452 g/mol. The minimum atomic E-state index is -0.648. The smallest absolute Gasteiger partial charge is 0.326 e. The van der Waals surface area contributed by atoms with Crippen LogP contribution in [0.3, 0.4) is 0 Å². The molecule has 2 N–H and O–H groups in total. The first-order valence-corrected chi connectivity index (χ1v) is 10.8. The molecule has 0 bridgehead atoms. The lowest BCUT2D eigenvalue weighted by Gasteiger charge is -2.13. The average Bonchev–Trinajstić information content (AvgIpc) is 3.21. The van der Waals surface area contributed by atoms with Gasteiger partial charge in [-0.2, -0.15) is 0 Å². The molecule has 0 aliphatic rings. The van der Waals surface area contributed by atoms with Gasteiger partial charge in [-0.1, -0.05) is 23.7 Å². The first-order chi connectivity index (χ1) is 15.3. The number of carbonyl (C=O) groups excluding carboxylic acids is 2. The van der Waals surface area contributed by atoms with Gasteiger partial charge in [-0.25, -0.2) is 9.36 Å². The van der Waals surface area contributed by atoms with E-state index in [9.17, 15) is 19.2 Å². The Balaban J connectivity index is 1.71. The second kappa shape index (κ2) is 8.81. The fourth-order valence-electron chi connectivity index (χ4n) is 3.31. The van der Waals surface area contributed by atoms with E-state index in [4.69, 9.17) is 11.6 Å². The summed E-state index contributed by atoms with van der Waals surface area (Å²) in [5.74, 6) is -0.695. The lowest BCUT2D eigenvalue weighted by molar-refractivity contribution is -0.117. The molecule has 10 heteroatoms. The monoisotopic (exact) mass is 468 g/mol. The summed E-state index contributed by atoms with van der Waals surface area (Å²) in [7, 11) is 0. The first kappa shape index (κ1) is 21.5. The highest BCUT2D eigenvalue weighted by Crippen LogP contribution is 2.19. The fourth-order valence-corrected chi connectivity index (χ4v) is 4.31. The molecule has 4 aromatic rings. The van der Waals surface area contributed by atoms with E-state index in [1.165, 1.54) is 28.9 Å². The third-order valence-corrected chi connectivity index (χ3v) is 5.72. The van der Waals surface area contributed by atoms with Crippen LogP contribution in [0.5, 0.6) is 0 Å². The molecule has 0 aliphatic carbocycles. The minimum Gasteiger partial charge on any atom is -0.326 e. The average molecular weight is 469 g/mol. The van der Waals surface area contributed by atoms with Crippen LogP contribution in [0.1, 0.15) is 6.92 Å². The van der Waals surface area contributed by atoms with Crippen molar-refractivity contribution in [3.05, 3.63) is 85.8 Å². The van der Waals surface area contributed by atoms with Gasteiger partial charge in [-0.05, 0) is 47.8 Å². The Morgan fingerprint density at radius 2 is 1.72 bits per heavy atom. The van der Waals surface area contributed by atoms with Crippen LogP contribution in [-0.2, 0) is 16.1 Å². The van der Waals surface area contributed by atoms with Crippen molar-refractivity contribution < 1.29 is 9.59 Å². The van der Waals surface area contributed by atoms with Gasteiger partial charge in [0.05, 0.1) is 11.2 Å². The van der Waals surface area contributed by atoms with Crippen LogP contribution in [0.25, 0.3) is 15.9 Å². The molecule has 0 atom stereocenters. The maximum atomic E-state index is 13.2. The van der Waals surface area contributed by atoms with Crippen LogP contribution in [-0.4, -0.2) is 20.9 Å². The van der Waals surface area contributed by atoms with Gasteiger partial charge in [0.25, 0.3) is 5.56 Å². The maximum Gasteiger partial charge on any atom is 0.336 e. The lowest BCUT2D eigenvalue weighted by Crippen LogP contribution is -2.40. The SMILES string of the molecule is CC(=O)Nc1cccc(NC(=O)Cn2c(=O)n(-c3cccc(Cl)c3)c(=O)c3sccc32)c1. The molecule has 0 spiro atoms. The van der Waals surface area contributed by atoms with Gasteiger partial charge < -0.3 is 10.6 Å². The molecule has 0 saturated carbocycles. The van der Waals surface area contributed by atoms with Crippen LogP contribution in [0.15, 0.2) is 69.6 Å². The standard InChI is InChI=1S/C22H17ClN4O4S/c1-13(28)24-15-5-3-6-16(11-15)25-19(29)12-26-18-8-9-32-20(18)21(30)27(22(26)31)17-7-2-4-14(23)10-17/h2-11H,12H2,1H3,(H,24,28)(H,25,29). The lowest BCUT2D eigenvalue weighted by atomic mass is 10.2. The van der Waals surface area contributed by atoms with Gasteiger partial charge in [0, 0.05) is 23.3 Å². The zero-order chi connectivity index (χ0) is 22.8. The predicted octanol–water partition coefficient (Wildman–Crippen LogP) is 3.46. The molecule has 2 aromatic heterocycles. The first-order valence-electron chi connectivity index (χ1n) is 9.50. The molecule has 2 heterocycles. The van der Waals surface area contributed by atoms with Crippen molar-refractivity contribution in [3.8, 4) is 5.69 Å². The van der Waals surface area contributed by atoms with Crippen molar-refractivity contribution in [2.75, 3.05) is 10.6 Å². The van der Waals surface area contributed by atoms with Crippen LogP contribution >= 0.6 is 22.9 Å². The Morgan fingerprint density at radius 1 is 1.00 bits per heavy atom. The summed E-state index contributed by atoms with van der Waals surface area (Å²) in [5.41, 5.74) is 0.568. The number of benzene rings is 2. The number of hydrogen-bond acceptors (Lipinski definition) is 5. The molecule has 4 rings (SSSR count). The van der Waals surface area contributed by atoms with Crippen molar-refractivity contribution in [2.45, 2.75) is 13.5 Å². The number of amides is 2. The molecule has 8 nitrogen and oxygen atoms in total. The summed E-state index contributed by atoms with van der Waals surface area (Å²) in [6.45, 7) is 1.08. The second-order valence-electron chi connectivity index (χ2n) is 6.93. The van der Waals surface area contributed by atoms with Crippen LogP contribution in [0.4, 0.5) is 11.4 Å². The number of aromatic nitrogens is 2. The van der Waals surface area contributed by atoms with Gasteiger partial charge in [0.1, 0.15) is 11.2 Å². The Morgan fingerprint density at radius 3 is 2.44 bits per heavy atom. The number of nitrogens with zero attached hydrogens (tertiary/aromatic N) is 2. The second-order valence-corrected chi connectivity index (χ2v) is 8.29. The van der Waals surface area contributed by atoms with Gasteiger partial charge in [-0.3, -0.25) is 19.0 Å².